The van der Waals surface area contributed by atoms with Crippen molar-refractivity contribution in [3.63, 3.8) is 0 Å². The SMILES string of the molecule is C=C/C(Cl)=C(\C)S(=O)(=O)N1C2CCC1CN(C(C)C)C2. The molecule has 2 atom stereocenters. The van der Waals surface area contributed by atoms with Crippen LogP contribution in [0.5, 0.6) is 0 Å². The monoisotopic (exact) mass is 318 g/mol. The second-order valence-electron chi connectivity index (χ2n) is 5.88. The first-order chi connectivity index (χ1) is 9.28. The summed E-state index contributed by atoms with van der Waals surface area (Å²) in [5.41, 5.74) is 0. The molecule has 6 heteroatoms. The molecular weight excluding hydrogens is 296 g/mol. The Morgan fingerprint density at radius 2 is 1.80 bits per heavy atom. The fourth-order valence-corrected chi connectivity index (χ4v) is 5.20. The topological polar surface area (TPSA) is 40.6 Å². The van der Waals surface area contributed by atoms with Crippen LogP contribution in [0.3, 0.4) is 0 Å². The minimum Gasteiger partial charge on any atom is -0.298 e. The molecule has 0 aromatic heterocycles. The van der Waals surface area contributed by atoms with Crippen molar-refractivity contribution >= 4 is 21.6 Å². The van der Waals surface area contributed by atoms with Crippen molar-refractivity contribution in [2.24, 2.45) is 0 Å². The van der Waals surface area contributed by atoms with Gasteiger partial charge in [-0.3, -0.25) is 4.90 Å². The molecule has 0 spiro atoms. The summed E-state index contributed by atoms with van der Waals surface area (Å²) in [6.45, 7) is 11.0. The number of piperazine rings is 1. The van der Waals surface area contributed by atoms with Crippen LogP contribution >= 0.6 is 11.6 Å². The molecular formula is C14H23ClN2O2S. The largest absolute Gasteiger partial charge is 0.298 e. The van der Waals surface area contributed by atoms with Crippen molar-refractivity contribution in [1.82, 2.24) is 9.21 Å². The van der Waals surface area contributed by atoms with Crippen LogP contribution in [-0.2, 0) is 10.0 Å². The number of hydrogen-bond acceptors (Lipinski definition) is 3. The van der Waals surface area contributed by atoms with Crippen LogP contribution in [0.25, 0.3) is 0 Å². The first-order valence-corrected chi connectivity index (χ1v) is 8.87. The molecule has 2 bridgehead atoms. The fraction of sp³-hybridized carbons (Fsp3) is 0.714. The number of rotatable bonds is 4. The Hall–Kier alpha value is -0.360. The molecule has 2 aliphatic rings. The van der Waals surface area contributed by atoms with E-state index in [0.29, 0.717) is 6.04 Å². The van der Waals surface area contributed by atoms with E-state index in [1.54, 1.807) is 11.2 Å². The van der Waals surface area contributed by atoms with Gasteiger partial charge in [-0.15, -0.1) is 0 Å². The molecule has 4 nitrogen and oxygen atoms in total. The molecule has 2 aliphatic heterocycles. The van der Waals surface area contributed by atoms with Crippen LogP contribution < -0.4 is 0 Å². The molecule has 0 aromatic rings. The van der Waals surface area contributed by atoms with Crippen LogP contribution in [0.1, 0.15) is 33.6 Å². The Balaban J connectivity index is 2.30. The molecule has 20 heavy (non-hydrogen) atoms. The summed E-state index contributed by atoms with van der Waals surface area (Å²) >= 11 is 5.96. The summed E-state index contributed by atoms with van der Waals surface area (Å²) in [6.07, 6.45) is 3.26. The highest BCUT2D eigenvalue weighted by atomic mass is 35.5. The lowest BCUT2D eigenvalue weighted by atomic mass is 10.2. The number of hydrogen-bond donors (Lipinski definition) is 0. The first kappa shape index (κ1) is 16.0. The maximum atomic E-state index is 12.7. The first-order valence-electron chi connectivity index (χ1n) is 7.05. The van der Waals surface area contributed by atoms with Crippen LogP contribution in [0.15, 0.2) is 22.6 Å². The molecule has 2 rings (SSSR count). The van der Waals surface area contributed by atoms with Crippen molar-refractivity contribution in [3.8, 4) is 0 Å². The van der Waals surface area contributed by atoms with E-state index in [4.69, 9.17) is 11.6 Å². The number of likely N-dealkylation sites (tertiary alicyclic amines) is 1. The van der Waals surface area contributed by atoms with Crippen molar-refractivity contribution in [1.29, 1.82) is 0 Å². The maximum Gasteiger partial charge on any atom is 0.241 e. The highest BCUT2D eigenvalue weighted by molar-refractivity contribution is 7.93. The van der Waals surface area contributed by atoms with Crippen molar-refractivity contribution in [3.05, 3.63) is 22.6 Å². The third-order valence-electron chi connectivity index (χ3n) is 4.35. The van der Waals surface area contributed by atoms with Gasteiger partial charge in [0.15, 0.2) is 0 Å². The average molecular weight is 319 g/mol. The minimum atomic E-state index is -3.48. The van der Waals surface area contributed by atoms with Gasteiger partial charge in [-0.05, 0) is 39.7 Å². The Kier molecular flexibility index (Phi) is 4.64. The zero-order chi connectivity index (χ0) is 15.1. The van der Waals surface area contributed by atoms with Crippen molar-refractivity contribution in [2.75, 3.05) is 13.1 Å². The van der Waals surface area contributed by atoms with E-state index in [1.165, 1.54) is 6.08 Å². The van der Waals surface area contributed by atoms with Crippen LogP contribution in [0, 0.1) is 0 Å². The van der Waals surface area contributed by atoms with E-state index in [-0.39, 0.29) is 22.0 Å². The predicted octanol–water partition coefficient (Wildman–Crippen LogP) is 2.53. The van der Waals surface area contributed by atoms with E-state index in [2.05, 4.69) is 25.3 Å². The second kappa shape index (κ2) is 5.79. The van der Waals surface area contributed by atoms with Gasteiger partial charge in [0.25, 0.3) is 0 Å². The molecule has 0 radical (unpaired) electrons. The zero-order valence-electron chi connectivity index (χ0n) is 12.3. The van der Waals surface area contributed by atoms with Gasteiger partial charge in [0.2, 0.25) is 10.0 Å². The van der Waals surface area contributed by atoms with Gasteiger partial charge in [0, 0.05) is 31.2 Å². The van der Waals surface area contributed by atoms with Gasteiger partial charge in [0.05, 0.1) is 9.94 Å². The summed E-state index contributed by atoms with van der Waals surface area (Å²) in [5, 5.41) is 0.218. The van der Waals surface area contributed by atoms with E-state index >= 15 is 0 Å². The van der Waals surface area contributed by atoms with Crippen molar-refractivity contribution in [2.45, 2.75) is 51.7 Å². The van der Waals surface area contributed by atoms with Gasteiger partial charge in [0.1, 0.15) is 0 Å². The zero-order valence-corrected chi connectivity index (χ0v) is 13.9. The number of allylic oxidation sites excluding steroid dienone is 3. The summed E-state index contributed by atoms with van der Waals surface area (Å²) in [5.74, 6) is 0. The number of halogens is 1. The molecule has 114 valence electrons. The highest BCUT2D eigenvalue weighted by Crippen LogP contribution is 2.36. The van der Waals surface area contributed by atoms with Crippen molar-refractivity contribution < 1.29 is 8.42 Å². The van der Waals surface area contributed by atoms with Gasteiger partial charge in [-0.1, -0.05) is 18.2 Å². The average Bonchev–Trinajstić information content (AvgIpc) is 2.68. The molecule has 0 aromatic carbocycles. The van der Waals surface area contributed by atoms with Crippen LogP contribution in [0.2, 0.25) is 0 Å². The van der Waals surface area contributed by atoms with Gasteiger partial charge in [-0.25, -0.2) is 8.42 Å². The smallest absolute Gasteiger partial charge is 0.241 e. The maximum absolute atomic E-state index is 12.7. The summed E-state index contributed by atoms with van der Waals surface area (Å²) in [4.78, 5) is 2.58. The normalized spacial score (nSPS) is 29.6. The highest BCUT2D eigenvalue weighted by Gasteiger charge is 2.47. The van der Waals surface area contributed by atoms with E-state index < -0.39 is 10.0 Å². The minimum absolute atomic E-state index is 0.0744. The molecule has 0 N–H and O–H groups in total. The van der Waals surface area contributed by atoms with Gasteiger partial charge in [-0.2, -0.15) is 4.31 Å². The van der Waals surface area contributed by atoms with Gasteiger partial charge < -0.3 is 0 Å². The summed E-state index contributed by atoms with van der Waals surface area (Å²) in [7, 11) is -3.48. The molecule has 2 saturated heterocycles. The van der Waals surface area contributed by atoms with Crippen LogP contribution in [-0.4, -0.2) is 48.8 Å². The molecule has 2 fully saturated rings. The van der Waals surface area contributed by atoms with E-state index in [0.717, 1.165) is 25.9 Å². The quantitative estimate of drug-likeness (QED) is 0.748. The van der Waals surface area contributed by atoms with E-state index in [1.807, 2.05) is 0 Å². The Morgan fingerprint density at radius 1 is 1.30 bits per heavy atom. The number of sulfonamides is 1. The molecule has 0 amide bonds. The number of nitrogens with zero attached hydrogens (tertiary/aromatic N) is 2. The van der Waals surface area contributed by atoms with Crippen LogP contribution in [0.4, 0.5) is 0 Å². The molecule has 2 unspecified atom stereocenters. The van der Waals surface area contributed by atoms with E-state index in [9.17, 15) is 8.42 Å². The predicted molar refractivity (Wildman–Crippen MR) is 83.0 cm³/mol. The second-order valence-corrected chi connectivity index (χ2v) is 8.27. The summed E-state index contributed by atoms with van der Waals surface area (Å²) < 4.78 is 27.2. The fourth-order valence-electron chi connectivity index (χ4n) is 3.14. The third-order valence-corrected chi connectivity index (χ3v) is 7.05. The Morgan fingerprint density at radius 3 is 2.20 bits per heavy atom. The lowest BCUT2D eigenvalue weighted by molar-refractivity contribution is 0.104. The molecule has 0 aliphatic carbocycles. The van der Waals surface area contributed by atoms with Gasteiger partial charge >= 0.3 is 0 Å². The lowest BCUT2D eigenvalue weighted by Gasteiger charge is -2.42. The Labute approximate surface area is 127 Å². The summed E-state index contributed by atoms with van der Waals surface area (Å²) in [6, 6.07) is 0.604. The Bertz CT molecular complexity index is 513. The lowest BCUT2D eigenvalue weighted by Crippen LogP contribution is -2.57. The molecule has 0 saturated carbocycles. The molecule has 2 heterocycles. The standard InChI is InChI=1S/C14H23ClN2O2S/c1-5-14(15)11(4)20(18,19)17-12-6-7-13(17)9-16(8-12)10(2)3/h5,10,12-13H,1,6-9H2,2-4H3/b14-11-. The number of fused-ring (bicyclic) bond motifs is 2. The third kappa shape index (κ3) is 2.69.